The molecule has 0 spiro atoms. The molecule has 1 amide bonds. The summed E-state index contributed by atoms with van der Waals surface area (Å²) >= 11 is 0. The number of hydrogen-bond donors (Lipinski definition) is 1. The molecule has 0 fully saturated rings. The summed E-state index contributed by atoms with van der Waals surface area (Å²) in [5.74, 6) is -0.0315. The molecule has 7 nitrogen and oxygen atoms in total. The number of rotatable bonds is 4. The molecule has 2 aliphatic rings. The van der Waals surface area contributed by atoms with Crippen LogP contribution < -0.4 is 5.32 Å². The molecule has 1 aromatic heterocycles. The van der Waals surface area contributed by atoms with Crippen LogP contribution in [0.1, 0.15) is 46.6 Å². The largest absolute Gasteiger partial charge is 0.343 e. The maximum atomic E-state index is 13.1. The number of quaternary nitrogens is 1. The van der Waals surface area contributed by atoms with Crippen LogP contribution in [-0.2, 0) is 10.3 Å². The van der Waals surface area contributed by atoms with Crippen molar-refractivity contribution in [3.63, 3.8) is 0 Å². The number of aromatic nitrogens is 2. The molecule has 0 saturated heterocycles. The van der Waals surface area contributed by atoms with Gasteiger partial charge in [0.1, 0.15) is 29.8 Å². The molecule has 7 heteroatoms. The van der Waals surface area contributed by atoms with Crippen molar-refractivity contribution in [1.82, 2.24) is 15.6 Å². The molecular weight excluding hydrogens is 354 g/mol. The second-order valence-corrected chi connectivity index (χ2v) is 8.39. The van der Waals surface area contributed by atoms with Gasteiger partial charge in [0, 0.05) is 6.08 Å². The van der Waals surface area contributed by atoms with Crippen LogP contribution >= 0.6 is 0 Å². The molecule has 0 saturated carbocycles. The van der Waals surface area contributed by atoms with E-state index in [0.29, 0.717) is 22.2 Å². The number of carbonyl (C=O) groups is 1. The summed E-state index contributed by atoms with van der Waals surface area (Å²) in [6.45, 7) is 10.9. The third-order valence-electron chi connectivity index (χ3n) is 5.91. The van der Waals surface area contributed by atoms with E-state index in [1.165, 1.54) is 0 Å². The maximum Gasteiger partial charge on any atom is 0.253 e. The lowest BCUT2D eigenvalue weighted by Gasteiger charge is -2.39. The molecule has 1 aromatic carbocycles. The summed E-state index contributed by atoms with van der Waals surface area (Å²) in [5, 5.41) is 15.8. The second-order valence-electron chi connectivity index (χ2n) is 8.39. The second kappa shape index (κ2) is 6.38. The lowest BCUT2D eigenvalue weighted by atomic mass is 9.81. The average molecular weight is 380 g/mol. The Labute approximate surface area is 164 Å². The number of amides is 1. The van der Waals surface area contributed by atoms with Gasteiger partial charge in [-0.05, 0) is 69.0 Å². The van der Waals surface area contributed by atoms with E-state index in [9.17, 15) is 4.79 Å². The molecule has 2 atom stereocenters. The highest BCUT2D eigenvalue weighted by Crippen LogP contribution is 2.36. The SMILES string of the molecule is CC1=N[N+](CC2=C(C)CC(C)(c3ccc4nonc4c3)NC2=O)(C(C)C)C=C1. The Morgan fingerprint density at radius 1 is 1.25 bits per heavy atom. The van der Waals surface area contributed by atoms with Gasteiger partial charge in [-0.1, -0.05) is 16.7 Å². The lowest BCUT2D eigenvalue weighted by Crippen LogP contribution is -2.52. The fourth-order valence-corrected chi connectivity index (χ4v) is 4.12. The number of nitrogens with one attached hydrogen (secondary N) is 1. The van der Waals surface area contributed by atoms with Crippen LogP contribution in [0.5, 0.6) is 0 Å². The maximum absolute atomic E-state index is 13.1. The van der Waals surface area contributed by atoms with Crippen LogP contribution in [0.2, 0.25) is 0 Å². The van der Waals surface area contributed by atoms with Crippen molar-refractivity contribution < 1.29 is 14.0 Å². The van der Waals surface area contributed by atoms with Gasteiger partial charge in [0.05, 0.1) is 16.8 Å². The fraction of sp³-hybridized carbons (Fsp3) is 0.429. The zero-order valence-corrected chi connectivity index (χ0v) is 17.0. The van der Waals surface area contributed by atoms with Gasteiger partial charge in [0.25, 0.3) is 5.91 Å². The van der Waals surface area contributed by atoms with Crippen molar-refractivity contribution in [2.75, 3.05) is 6.54 Å². The van der Waals surface area contributed by atoms with Crippen LogP contribution in [0.3, 0.4) is 0 Å². The first-order valence-corrected chi connectivity index (χ1v) is 9.60. The molecule has 2 aromatic rings. The molecule has 0 aliphatic carbocycles. The van der Waals surface area contributed by atoms with Crippen LogP contribution in [0, 0.1) is 0 Å². The molecular formula is C21H26N5O2+. The van der Waals surface area contributed by atoms with Crippen molar-refractivity contribution in [1.29, 1.82) is 0 Å². The van der Waals surface area contributed by atoms with Gasteiger partial charge in [-0.3, -0.25) is 4.79 Å². The molecule has 2 unspecified atom stereocenters. The summed E-state index contributed by atoms with van der Waals surface area (Å²) in [5.41, 5.74) is 4.79. The van der Waals surface area contributed by atoms with Gasteiger partial charge in [0.15, 0.2) is 0 Å². The number of hydrogen-bond acceptors (Lipinski definition) is 5. The van der Waals surface area contributed by atoms with Crippen molar-refractivity contribution in [3.05, 3.63) is 47.2 Å². The van der Waals surface area contributed by atoms with E-state index in [4.69, 9.17) is 9.73 Å². The Morgan fingerprint density at radius 2 is 2.00 bits per heavy atom. The standard InChI is InChI=1S/C21H25N5O2/c1-13(2)26(9-8-15(4)23-26)12-17-14(3)11-21(5,22-20(17)27)16-6-7-18-19(10-16)25-28-24-18/h6-10,13H,11-12H2,1-5H3/p+1. The smallest absolute Gasteiger partial charge is 0.253 e. The summed E-state index contributed by atoms with van der Waals surface area (Å²) in [6, 6.07) is 6.03. The highest BCUT2D eigenvalue weighted by atomic mass is 16.6. The summed E-state index contributed by atoms with van der Waals surface area (Å²) in [6.07, 6.45) is 4.85. The number of nitrogens with zero attached hydrogens (tertiary/aromatic N) is 4. The van der Waals surface area contributed by atoms with E-state index in [-0.39, 0.29) is 11.9 Å². The predicted octanol–water partition coefficient (Wildman–Crippen LogP) is 3.40. The normalized spacial score (nSPS) is 27.6. The third-order valence-corrected chi connectivity index (χ3v) is 5.91. The molecule has 2 aliphatic heterocycles. The van der Waals surface area contributed by atoms with E-state index >= 15 is 0 Å². The van der Waals surface area contributed by atoms with Crippen LogP contribution in [0.4, 0.5) is 0 Å². The Hall–Kier alpha value is -2.80. The molecule has 1 N–H and O–H groups in total. The number of carbonyl (C=O) groups excluding carboxylic acids is 1. The van der Waals surface area contributed by atoms with Crippen molar-refractivity contribution >= 4 is 22.7 Å². The lowest BCUT2D eigenvalue weighted by molar-refractivity contribution is -0.900. The molecule has 0 bridgehead atoms. The summed E-state index contributed by atoms with van der Waals surface area (Å²) < 4.78 is 5.23. The van der Waals surface area contributed by atoms with Gasteiger partial charge in [-0.15, -0.1) is 0 Å². The predicted molar refractivity (Wildman–Crippen MR) is 107 cm³/mol. The zero-order chi connectivity index (χ0) is 20.1. The molecule has 4 rings (SSSR count). The van der Waals surface area contributed by atoms with Crippen molar-refractivity contribution in [2.45, 2.75) is 52.6 Å². The quantitative estimate of drug-likeness (QED) is 0.825. The first kappa shape index (κ1) is 18.6. The monoisotopic (exact) mass is 380 g/mol. The Morgan fingerprint density at radius 3 is 2.64 bits per heavy atom. The zero-order valence-electron chi connectivity index (χ0n) is 17.0. The topological polar surface area (TPSA) is 80.4 Å². The minimum Gasteiger partial charge on any atom is -0.343 e. The van der Waals surface area contributed by atoms with Gasteiger partial charge in [0.2, 0.25) is 0 Å². The Kier molecular flexibility index (Phi) is 4.23. The van der Waals surface area contributed by atoms with E-state index in [1.807, 2.05) is 38.1 Å². The van der Waals surface area contributed by atoms with Gasteiger partial charge >= 0.3 is 0 Å². The van der Waals surface area contributed by atoms with Gasteiger partial charge in [-0.2, -0.15) is 4.59 Å². The van der Waals surface area contributed by atoms with E-state index in [2.05, 4.69) is 42.6 Å². The van der Waals surface area contributed by atoms with Crippen LogP contribution in [0.15, 0.2) is 51.4 Å². The van der Waals surface area contributed by atoms with Gasteiger partial charge in [-0.25, -0.2) is 4.63 Å². The van der Waals surface area contributed by atoms with E-state index < -0.39 is 5.54 Å². The molecule has 0 radical (unpaired) electrons. The highest BCUT2D eigenvalue weighted by Gasteiger charge is 2.41. The van der Waals surface area contributed by atoms with Crippen molar-refractivity contribution in [2.24, 2.45) is 5.10 Å². The minimum atomic E-state index is -0.500. The fourth-order valence-electron chi connectivity index (χ4n) is 4.12. The van der Waals surface area contributed by atoms with Crippen LogP contribution in [-0.4, -0.2) is 39.1 Å². The Balaban J connectivity index is 1.67. The molecule has 3 heterocycles. The van der Waals surface area contributed by atoms with E-state index in [0.717, 1.165) is 28.8 Å². The minimum absolute atomic E-state index is 0.0315. The van der Waals surface area contributed by atoms with Gasteiger partial charge < -0.3 is 5.32 Å². The average Bonchev–Trinajstić information content (AvgIpc) is 3.24. The first-order valence-electron chi connectivity index (χ1n) is 9.60. The number of allylic oxidation sites excluding steroid dienone is 1. The summed E-state index contributed by atoms with van der Waals surface area (Å²) in [7, 11) is 0. The number of fused-ring (bicyclic) bond motifs is 1. The first-order chi connectivity index (χ1) is 13.2. The van der Waals surface area contributed by atoms with Crippen molar-refractivity contribution in [3.8, 4) is 0 Å². The summed E-state index contributed by atoms with van der Waals surface area (Å²) in [4.78, 5) is 13.1. The molecule has 28 heavy (non-hydrogen) atoms. The number of benzene rings is 1. The Bertz CT molecular complexity index is 1050. The third kappa shape index (κ3) is 2.96. The molecule has 146 valence electrons. The van der Waals surface area contributed by atoms with E-state index in [1.54, 1.807) is 0 Å². The highest BCUT2D eigenvalue weighted by molar-refractivity contribution is 5.96. The van der Waals surface area contributed by atoms with Crippen LogP contribution in [0.25, 0.3) is 11.0 Å².